The van der Waals surface area contributed by atoms with Crippen molar-refractivity contribution >= 4 is 22.6 Å². The van der Waals surface area contributed by atoms with Crippen LogP contribution in [0.25, 0.3) is 11.1 Å². The minimum atomic E-state index is -4.76. The van der Waals surface area contributed by atoms with Crippen LogP contribution in [0.2, 0.25) is 0 Å². The first-order valence-electron chi connectivity index (χ1n) is 5.16. The first kappa shape index (κ1) is 14.1. The molecule has 0 spiro atoms. The van der Waals surface area contributed by atoms with E-state index in [9.17, 15) is 17.6 Å². The standard InChI is InChI=1S/C13H7F4IO/c14-12-7-9(18)4-5-11(12)8-2-1-3-10(6-8)19-13(15,16)17/h1-7H. The quantitative estimate of drug-likeness (QED) is 0.525. The van der Waals surface area contributed by atoms with Gasteiger partial charge in [0.05, 0.1) is 0 Å². The summed E-state index contributed by atoms with van der Waals surface area (Å²) in [5.74, 6) is -0.862. The Kier molecular flexibility index (Phi) is 3.98. The van der Waals surface area contributed by atoms with Gasteiger partial charge in [0.2, 0.25) is 0 Å². The molecule has 100 valence electrons. The molecule has 0 fully saturated rings. The van der Waals surface area contributed by atoms with Crippen molar-refractivity contribution in [2.24, 2.45) is 0 Å². The summed E-state index contributed by atoms with van der Waals surface area (Å²) < 4.78 is 54.6. The summed E-state index contributed by atoms with van der Waals surface area (Å²) in [6.07, 6.45) is -4.76. The van der Waals surface area contributed by atoms with Crippen molar-refractivity contribution in [2.45, 2.75) is 6.36 Å². The molecule has 6 heteroatoms. The molecule has 0 aliphatic heterocycles. The lowest BCUT2D eigenvalue weighted by atomic mass is 10.1. The first-order chi connectivity index (χ1) is 8.85. The Labute approximate surface area is 120 Å². The molecule has 2 aromatic rings. The Bertz CT molecular complexity index is 595. The molecular weight excluding hydrogens is 375 g/mol. The predicted molar refractivity (Wildman–Crippen MR) is 71.2 cm³/mol. The van der Waals surface area contributed by atoms with Crippen LogP contribution in [0.15, 0.2) is 42.5 Å². The minimum absolute atomic E-state index is 0.230. The average Bonchev–Trinajstić information content (AvgIpc) is 2.26. The van der Waals surface area contributed by atoms with Crippen LogP contribution in [0.5, 0.6) is 5.75 Å². The molecule has 0 heterocycles. The summed E-state index contributed by atoms with van der Waals surface area (Å²) in [7, 11) is 0. The molecule has 0 N–H and O–H groups in total. The summed E-state index contributed by atoms with van der Waals surface area (Å²) >= 11 is 1.95. The Morgan fingerprint density at radius 3 is 2.37 bits per heavy atom. The molecule has 1 nitrogen and oxygen atoms in total. The van der Waals surface area contributed by atoms with Gasteiger partial charge in [-0.1, -0.05) is 18.2 Å². The van der Waals surface area contributed by atoms with E-state index in [-0.39, 0.29) is 11.3 Å². The molecule has 0 saturated carbocycles. The van der Waals surface area contributed by atoms with Gasteiger partial charge in [0, 0.05) is 9.13 Å². The number of ether oxygens (including phenoxy) is 1. The molecule has 0 aliphatic carbocycles. The van der Waals surface area contributed by atoms with E-state index in [1.807, 2.05) is 22.6 Å². The molecule has 0 bridgehead atoms. The Balaban J connectivity index is 2.38. The molecule has 0 saturated heterocycles. The van der Waals surface area contributed by atoms with Crippen molar-refractivity contribution < 1.29 is 22.3 Å². The van der Waals surface area contributed by atoms with Crippen LogP contribution in [0.3, 0.4) is 0 Å². The van der Waals surface area contributed by atoms with Gasteiger partial charge in [-0.05, 0) is 52.4 Å². The molecule has 0 atom stereocenters. The second-order valence-electron chi connectivity index (χ2n) is 3.70. The van der Waals surface area contributed by atoms with Crippen LogP contribution in [-0.2, 0) is 0 Å². The fourth-order valence-corrected chi connectivity index (χ4v) is 2.04. The van der Waals surface area contributed by atoms with E-state index >= 15 is 0 Å². The molecule has 19 heavy (non-hydrogen) atoms. The zero-order valence-electron chi connectivity index (χ0n) is 9.34. The Morgan fingerprint density at radius 1 is 1.00 bits per heavy atom. The SMILES string of the molecule is Fc1cc(I)ccc1-c1cccc(OC(F)(F)F)c1. The topological polar surface area (TPSA) is 9.23 Å². The monoisotopic (exact) mass is 382 g/mol. The molecule has 0 aromatic heterocycles. The van der Waals surface area contributed by atoms with Gasteiger partial charge >= 0.3 is 6.36 Å². The molecule has 0 unspecified atom stereocenters. The third-order valence-corrected chi connectivity index (χ3v) is 2.98. The smallest absolute Gasteiger partial charge is 0.406 e. The zero-order chi connectivity index (χ0) is 14.0. The van der Waals surface area contributed by atoms with Crippen LogP contribution >= 0.6 is 22.6 Å². The molecule has 2 rings (SSSR count). The van der Waals surface area contributed by atoms with Crippen LogP contribution in [0.4, 0.5) is 17.6 Å². The van der Waals surface area contributed by atoms with Crippen LogP contribution in [-0.4, -0.2) is 6.36 Å². The molecule has 0 aliphatic rings. The highest BCUT2D eigenvalue weighted by molar-refractivity contribution is 14.1. The summed E-state index contributed by atoms with van der Waals surface area (Å²) in [6, 6.07) is 9.73. The first-order valence-corrected chi connectivity index (χ1v) is 6.24. The normalized spacial score (nSPS) is 11.4. The van der Waals surface area contributed by atoms with Gasteiger partial charge in [0.15, 0.2) is 0 Å². The maximum atomic E-state index is 13.7. The number of benzene rings is 2. The Morgan fingerprint density at radius 2 is 1.74 bits per heavy atom. The van der Waals surface area contributed by atoms with E-state index < -0.39 is 12.2 Å². The van der Waals surface area contributed by atoms with E-state index in [4.69, 9.17) is 0 Å². The van der Waals surface area contributed by atoms with Crippen molar-refractivity contribution in [3.63, 3.8) is 0 Å². The summed E-state index contributed by atoms with van der Waals surface area (Å²) in [5, 5.41) is 0. The van der Waals surface area contributed by atoms with Gasteiger partial charge in [0.25, 0.3) is 0 Å². The van der Waals surface area contributed by atoms with Gasteiger partial charge in [-0.15, -0.1) is 13.2 Å². The van der Waals surface area contributed by atoms with Crippen molar-refractivity contribution in [3.8, 4) is 16.9 Å². The third-order valence-electron chi connectivity index (χ3n) is 2.31. The van der Waals surface area contributed by atoms with E-state index in [0.29, 0.717) is 9.13 Å². The van der Waals surface area contributed by atoms with Crippen LogP contribution in [0, 0.1) is 9.39 Å². The lowest BCUT2D eigenvalue weighted by Gasteiger charge is -2.10. The lowest BCUT2D eigenvalue weighted by Crippen LogP contribution is -2.17. The summed E-state index contributed by atoms with van der Waals surface area (Å²) in [6.45, 7) is 0. The van der Waals surface area contributed by atoms with Gasteiger partial charge in [-0.2, -0.15) is 0 Å². The largest absolute Gasteiger partial charge is 0.573 e. The second-order valence-corrected chi connectivity index (χ2v) is 4.95. The van der Waals surface area contributed by atoms with E-state index in [1.54, 1.807) is 6.07 Å². The zero-order valence-corrected chi connectivity index (χ0v) is 11.5. The van der Waals surface area contributed by atoms with Gasteiger partial charge < -0.3 is 4.74 Å². The minimum Gasteiger partial charge on any atom is -0.406 e. The maximum absolute atomic E-state index is 13.7. The van der Waals surface area contributed by atoms with E-state index in [0.717, 1.165) is 6.07 Å². The maximum Gasteiger partial charge on any atom is 0.573 e. The second kappa shape index (κ2) is 5.36. The number of hydrogen-bond donors (Lipinski definition) is 0. The van der Waals surface area contributed by atoms with E-state index in [1.165, 1.54) is 30.3 Å². The lowest BCUT2D eigenvalue weighted by molar-refractivity contribution is -0.274. The highest BCUT2D eigenvalue weighted by atomic mass is 127. The van der Waals surface area contributed by atoms with Crippen molar-refractivity contribution in [1.82, 2.24) is 0 Å². The number of hydrogen-bond acceptors (Lipinski definition) is 1. The van der Waals surface area contributed by atoms with Crippen molar-refractivity contribution in [3.05, 3.63) is 51.9 Å². The predicted octanol–water partition coefficient (Wildman–Crippen LogP) is 5.00. The summed E-state index contributed by atoms with van der Waals surface area (Å²) in [4.78, 5) is 0. The number of alkyl halides is 3. The highest BCUT2D eigenvalue weighted by Gasteiger charge is 2.31. The van der Waals surface area contributed by atoms with Crippen LogP contribution < -0.4 is 4.74 Å². The Hall–Kier alpha value is -1.31. The molecule has 0 radical (unpaired) electrons. The number of rotatable bonds is 2. The van der Waals surface area contributed by atoms with Crippen molar-refractivity contribution in [1.29, 1.82) is 0 Å². The van der Waals surface area contributed by atoms with Crippen LogP contribution in [0.1, 0.15) is 0 Å². The third kappa shape index (κ3) is 3.82. The molecular formula is C13H7F4IO. The fraction of sp³-hybridized carbons (Fsp3) is 0.0769. The molecule has 0 amide bonds. The van der Waals surface area contributed by atoms with E-state index in [2.05, 4.69) is 4.74 Å². The van der Waals surface area contributed by atoms with Gasteiger partial charge in [-0.3, -0.25) is 0 Å². The van der Waals surface area contributed by atoms with Crippen molar-refractivity contribution in [2.75, 3.05) is 0 Å². The highest BCUT2D eigenvalue weighted by Crippen LogP contribution is 2.29. The van der Waals surface area contributed by atoms with Gasteiger partial charge in [0.1, 0.15) is 11.6 Å². The average molecular weight is 382 g/mol. The van der Waals surface area contributed by atoms with Gasteiger partial charge in [-0.25, -0.2) is 4.39 Å². The number of halogens is 5. The molecule has 2 aromatic carbocycles. The summed E-state index contributed by atoms with van der Waals surface area (Å²) in [5.41, 5.74) is 0.559. The fourth-order valence-electron chi connectivity index (χ4n) is 1.58.